The van der Waals surface area contributed by atoms with E-state index in [0.29, 0.717) is 11.4 Å². The van der Waals surface area contributed by atoms with Crippen molar-refractivity contribution in [3.63, 3.8) is 0 Å². The average molecular weight is 317 g/mol. The maximum atomic E-state index is 12.5. The lowest BCUT2D eigenvalue weighted by Crippen LogP contribution is -2.37. The first kappa shape index (κ1) is 11.0. The fourth-order valence-electron chi connectivity index (χ4n) is 1.38. The lowest BCUT2D eigenvalue weighted by molar-refractivity contribution is 0.0987. The van der Waals surface area contributed by atoms with Crippen molar-refractivity contribution in [3.8, 4) is 5.75 Å². The number of methoxy groups -OCH3 is 1. The van der Waals surface area contributed by atoms with Gasteiger partial charge in [0.25, 0.3) is 5.91 Å². The first-order valence-electron chi connectivity index (χ1n) is 7.28. The van der Waals surface area contributed by atoms with E-state index >= 15 is 0 Å². The number of ether oxygens (including phenoxy) is 1. The second-order valence-corrected chi connectivity index (χ2v) is 3.94. The molecule has 0 fully saturated rings. The molecule has 106 valence electrons. The van der Waals surface area contributed by atoms with Gasteiger partial charge in [-0.15, -0.1) is 12.4 Å². The highest BCUT2D eigenvalue weighted by atomic mass is 35.5. The zero-order chi connectivity index (χ0) is 17.3. The van der Waals surface area contributed by atoms with Crippen LogP contribution >= 0.6 is 24.0 Å². The standard InChI is InChI=1S/C14H13ClN2O2.ClH/c1-19-13-8-6-12(7-9-13)17(16)14(18)10-2-4-11(15)5-3-10;/h2-9H,16H2,1H3;1H/i2D,3D,4D,5D;. The van der Waals surface area contributed by atoms with E-state index in [-0.39, 0.29) is 17.4 Å². The van der Waals surface area contributed by atoms with Crippen molar-refractivity contribution in [2.24, 2.45) is 5.84 Å². The molecule has 0 saturated carbocycles. The molecule has 0 aromatic heterocycles. The number of carbonyl (C=O) groups excluding carboxylic acids is 1. The summed E-state index contributed by atoms with van der Waals surface area (Å²) >= 11 is 5.71. The van der Waals surface area contributed by atoms with E-state index in [9.17, 15) is 4.79 Å². The van der Waals surface area contributed by atoms with Crippen LogP contribution in [0.3, 0.4) is 0 Å². The molecule has 0 aliphatic rings. The Bertz CT molecular complexity index is 743. The predicted octanol–water partition coefficient (Wildman–Crippen LogP) is 3.29. The molecular weight excluding hydrogens is 299 g/mol. The highest BCUT2D eigenvalue weighted by Crippen LogP contribution is 2.19. The van der Waals surface area contributed by atoms with Crippen molar-refractivity contribution in [1.82, 2.24) is 0 Å². The number of halogens is 2. The highest BCUT2D eigenvalue weighted by molar-refractivity contribution is 6.30. The van der Waals surface area contributed by atoms with E-state index in [1.165, 1.54) is 19.2 Å². The summed E-state index contributed by atoms with van der Waals surface area (Å²) in [5, 5.41) is 0.405. The molecule has 2 aromatic rings. The van der Waals surface area contributed by atoms with Crippen molar-refractivity contribution in [1.29, 1.82) is 0 Å². The summed E-state index contributed by atoms with van der Waals surface area (Å²) in [6.07, 6.45) is 0. The van der Waals surface area contributed by atoms with Crippen molar-refractivity contribution in [2.75, 3.05) is 12.1 Å². The molecule has 2 N–H and O–H groups in total. The van der Waals surface area contributed by atoms with Gasteiger partial charge in [-0.2, -0.15) is 0 Å². The van der Waals surface area contributed by atoms with E-state index < -0.39 is 35.6 Å². The fraction of sp³-hybridized carbons (Fsp3) is 0.0714. The third-order valence-electron chi connectivity index (χ3n) is 2.38. The van der Waals surface area contributed by atoms with Crippen molar-refractivity contribution < 1.29 is 15.0 Å². The third-order valence-corrected chi connectivity index (χ3v) is 2.57. The lowest BCUT2D eigenvalue weighted by Gasteiger charge is -2.17. The molecule has 4 nitrogen and oxygen atoms in total. The number of rotatable bonds is 3. The number of hydrazine groups is 1. The monoisotopic (exact) mass is 316 g/mol. The maximum Gasteiger partial charge on any atom is 0.272 e. The number of nitrogens with two attached hydrogens (primary N) is 1. The number of benzene rings is 2. The Morgan fingerprint density at radius 1 is 1.25 bits per heavy atom. The van der Waals surface area contributed by atoms with Gasteiger partial charge in [0, 0.05) is 10.6 Å². The molecule has 0 radical (unpaired) electrons. The minimum Gasteiger partial charge on any atom is -0.497 e. The molecule has 0 aliphatic heterocycles. The molecule has 0 heterocycles. The molecule has 2 rings (SSSR count). The van der Waals surface area contributed by atoms with Crippen molar-refractivity contribution in [3.05, 3.63) is 59.0 Å². The molecular formula is C14H14Cl2N2O2. The third kappa shape index (κ3) is 3.63. The molecule has 0 unspecified atom stereocenters. The van der Waals surface area contributed by atoms with Gasteiger partial charge in [0.1, 0.15) is 5.75 Å². The Labute approximate surface area is 134 Å². The van der Waals surface area contributed by atoms with E-state index in [1.54, 1.807) is 12.1 Å². The van der Waals surface area contributed by atoms with E-state index in [1.807, 2.05) is 0 Å². The molecule has 0 aliphatic carbocycles. The minimum absolute atomic E-state index is 0. The topological polar surface area (TPSA) is 55.6 Å². The van der Waals surface area contributed by atoms with Gasteiger partial charge in [0.2, 0.25) is 0 Å². The van der Waals surface area contributed by atoms with Crippen LogP contribution in [0.5, 0.6) is 5.75 Å². The van der Waals surface area contributed by atoms with Crippen LogP contribution in [-0.4, -0.2) is 13.0 Å². The summed E-state index contributed by atoms with van der Waals surface area (Å²) in [6, 6.07) is 4.21. The van der Waals surface area contributed by atoms with Gasteiger partial charge in [-0.05, 0) is 48.4 Å². The zero-order valence-electron chi connectivity index (χ0n) is 14.4. The van der Waals surface area contributed by atoms with E-state index in [2.05, 4.69) is 0 Å². The quantitative estimate of drug-likeness (QED) is 0.537. The van der Waals surface area contributed by atoms with Crippen LogP contribution in [0, 0.1) is 0 Å². The Hall–Kier alpha value is -1.75. The van der Waals surface area contributed by atoms with Crippen LogP contribution in [0.25, 0.3) is 0 Å². The van der Waals surface area contributed by atoms with Gasteiger partial charge in [0.05, 0.1) is 18.3 Å². The Morgan fingerprint density at radius 3 is 2.30 bits per heavy atom. The summed E-state index contributed by atoms with van der Waals surface area (Å²) in [4.78, 5) is 12.5. The average Bonchev–Trinajstić information content (AvgIpc) is 2.57. The van der Waals surface area contributed by atoms with Crippen LogP contribution < -0.4 is 15.6 Å². The van der Waals surface area contributed by atoms with Gasteiger partial charge in [-0.1, -0.05) is 11.6 Å². The minimum atomic E-state index is -0.871. The highest BCUT2D eigenvalue weighted by Gasteiger charge is 2.14. The largest absolute Gasteiger partial charge is 0.497 e. The predicted molar refractivity (Wildman–Crippen MR) is 82.7 cm³/mol. The summed E-state index contributed by atoms with van der Waals surface area (Å²) in [6.45, 7) is 0. The second-order valence-electron chi connectivity index (χ2n) is 3.56. The Kier molecular flexibility index (Phi) is 3.92. The van der Waals surface area contributed by atoms with Crippen LogP contribution in [0.2, 0.25) is 5.02 Å². The molecule has 1 amide bonds. The summed E-state index contributed by atoms with van der Waals surface area (Å²) in [5.41, 5.74) is -0.134. The molecule has 2 aromatic carbocycles. The van der Waals surface area contributed by atoms with Crippen molar-refractivity contribution >= 4 is 35.6 Å². The molecule has 0 saturated heterocycles. The van der Waals surface area contributed by atoms with Crippen molar-refractivity contribution in [2.45, 2.75) is 0 Å². The number of amides is 1. The number of nitrogens with zero attached hydrogens (tertiary/aromatic N) is 1. The maximum absolute atomic E-state index is 12.5. The van der Waals surface area contributed by atoms with Crippen LogP contribution in [0.1, 0.15) is 15.8 Å². The summed E-state index contributed by atoms with van der Waals surface area (Å²) in [5.74, 6) is 5.46. The van der Waals surface area contributed by atoms with E-state index in [4.69, 9.17) is 27.7 Å². The summed E-state index contributed by atoms with van der Waals surface area (Å²) < 4.78 is 36.0. The molecule has 20 heavy (non-hydrogen) atoms. The van der Waals surface area contributed by atoms with Crippen LogP contribution in [-0.2, 0) is 0 Å². The fourth-order valence-corrected chi connectivity index (χ4v) is 1.48. The molecule has 0 bridgehead atoms. The van der Waals surface area contributed by atoms with E-state index in [0.717, 1.165) is 5.01 Å². The second kappa shape index (κ2) is 7.14. The normalized spacial score (nSPS) is 12.3. The van der Waals surface area contributed by atoms with Gasteiger partial charge < -0.3 is 4.74 Å². The van der Waals surface area contributed by atoms with Crippen LogP contribution in [0.15, 0.2) is 48.4 Å². The van der Waals surface area contributed by atoms with Crippen LogP contribution in [0.4, 0.5) is 5.69 Å². The number of hydrogen-bond donors (Lipinski definition) is 1. The zero-order valence-corrected chi connectivity index (χ0v) is 12.0. The molecule has 0 atom stereocenters. The smallest absolute Gasteiger partial charge is 0.272 e. The number of anilines is 1. The van der Waals surface area contributed by atoms with Gasteiger partial charge in [0.15, 0.2) is 0 Å². The Morgan fingerprint density at radius 2 is 1.80 bits per heavy atom. The van der Waals surface area contributed by atoms with Gasteiger partial charge >= 0.3 is 0 Å². The number of carbonyl (C=O) groups is 1. The van der Waals surface area contributed by atoms with Gasteiger partial charge in [-0.3, -0.25) is 4.79 Å². The van der Waals surface area contributed by atoms with Gasteiger partial charge in [-0.25, -0.2) is 10.9 Å². The lowest BCUT2D eigenvalue weighted by atomic mass is 10.2. The first-order valence-corrected chi connectivity index (χ1v) is 5.66. The number of hydrogen-bond acceptors (Lipinski definition) is 3. The Balaban J connectivity index is 0.00000288. The molecule has 0 spiro atoms. The summed E-state index contributed by atoms with van der Waals surface area (Å²) in [7, 11) is 1.50. The molecule has 6 heteroatoms. The SMILES string of the molecule is Cl.[2H]c1c([2H])c(C(=O)N(N)c2ccc(OC)cc2)c([2H])c([2H])c1Cl. The first-order chi connectivity index (χ1) is 10.8.